The highest BCUT2D eigenvalue weighted by atomic mass is 79.9. The van der Waals surface area contributed by atoms with Crippen molar-refractivity contribution < 1.29 is 18.9 Å². The first kappa shape index (κ1) is 24.1. The third kappa shape index (κ3) is 5.97. The van der Waals surface area contributed by atoms with Gasteiger partial charge >= 0.3 is 0 Å². The Morgan fingerprint density at radius 3 is 2.77 bits per heavy atom. The molecule has 35 heavy (non-hydrogen) atoms. The van der Waals surface area contributed by atoms with Gasteiger partial charge in [0.1, 0.15) is 36.0 Å². The number of likely N-dealkylation sites (tertiary alicyclic amines) is 1. The lowest BCUT2D eigenvalue weighted by molar-refractivity contribution is -0.105. The molecule has 0 amide bonds. The second kappa shape index (κ2) is 11.4. The summed E-state index contributed by atoms with van der Waals surface area (Å²) in [4.78, 5) is 11.5. The number of anilines is 2. The average molecular weight is 543 g/mol. The van der Waals surface area contributed by atoms with Gasteiger partial charge in [0.2, 0.25) is 0 Å². The zero-order valence-electron chi connectivity index (χ0n) is 20.0. The number of hydrogen-bond donors (Lipinski definition) is 1. The molecule has 5 rings (SSSR count). The maximum atomic E-state index is 6.37. The zero-order chi connectivity index (χ0) is 24.0. The van der Waals surface area contributed by atoms with Crippen LogP contribution in [-0.2, 0) is 4.74 Å². The lowest BCUT2D eigenvalue weighted by atomic mass is 10.1. The minimum absolute atomic E-state index is 0.302. The van der Waals surface area contributed by atoms with Crippen LogP contribution in [0.1, 0.15) is 32.1 Å². The Morgan fingerprint density at radius 2 is 1.97 bits per heavy atom. The smallest absolute Gasteiger partial charge is 0.199 e. The first-order valence-electron chi connectivity index (χ1n) is 12.2. The molecule has 0 aliphatic carbocycles. The second-order valence-electron chi connectivity index (χ2n) is 8.82. The summed E-state index contributed by atoms with van der Waals surface area (Å²) in [7, 11) is 1.65. The van der Waals surface area contributed by atoms with E-state index in [-0.39, 0.29) is 6.29 Å². The van der Waals surface area contributed by atoms with Crippen molar-refractivity contribution in [2.24, 2.45) is 0 Å². The highest BCUT2D eigenvalue weighted by Gasteiger charge is 2.21. The molecule has 2 aromatic carbocycles. The number of halogens is 1. The van der Waals surface area contributed by atoms with Crippen molar-refractivity contribution in [3.05, 3.63) is 41.1 Å². The van der Waals surface area contributed by atoms with Gasteiger partial charge in [-0.1, -0.05) is 0 Å². The van der Waals surface area contributed by atoms with Gasteiger partial charge in [-0.3, -0.25) is 4.90 Å². The molecule has 9 heteroatoms. The van der Waals surface area contributed by atoms with Crippen LogP contribution < -0.4 is 19.5 Å². The van der Waals surface area contributed by atoms with Crippen LogP contribution in [0.2, 0.25) is 0 Å². The molecule has 0 radical (unpaired) electrons. The lowest BCUT2D eigenvalue weighted by Gasteiger charge is -2.25. The molecule has 2 fully saturated rings. The van der Waals surface area contributed by atoms with Gasteiger partial charge in [0.05, 0.1) is 30.3 Å². The summed E-state index contributed by atoms with van der Waals surface area (Å²) in [5.74, 6) is 2.76. The van der Waals surface area contributed by atoms with Crippen molar-refractivity contribution >= 4 is 38.3 Å². The van der Waals surface area contributed by atoms with Crippen molar-refractivity contribution in [1.82, 2.24) is 14.9 Å². The standard InChI is InChI=1S/C26H31BrN4O4/c1-32-18-7-8-20(27)21(14-18)30-26-25-22(28-17-29-26)15-19(33-13-11-31-9-3-4-10-31)16-23(25)35-24-6-2-5-12-34-24/h7-8,14-17,24H,2-6,9-13H2,1H3,(H,28,29,30). The Kier molecular flexibility index (Phi) is 7.85. The fourth-order valence-corrected chi connectivity index (χ4v) is 4.85. The first-order valence-corrected chi connectivity index (χ1v) is 13.0. The molecule has 2 aliphatic heterocycles. The average Bonchev–Trinajstić information content (AvgIpc) is 3.39. The maximum absolute atomic E-state index is 6.37. The van der Waals surface area contributed by atoms with Crippen LogP contribution in [0.5, 0.6) is 17.2 Å². The van der Waals surface area contributed by atoms with Crippen LogP contribution in [0.3, 0.4) is 0 Å². The van der Waals surface area contributed by atoms with Crippen molar-refractivity contribution in [3.8, 4) is 17.2 Å². The molecule has 0 bridgehead atoms. The highest BCUT2D eigenvalue weighted by Crippen LogP contribution is 2.38. The number of nitrogens with zero attached hydrogens (tertiary/aromatic N) is 3. The minimum atomic E-state index is -0.302. The molecule has 2 aliphatic rings. The van der Waals surface area contributed by atoms with Crippen molar-refractivity contribution in [2.45, 2.75) is 38.4 Å². The number of ether oxygens (including phenoxy) is 4. The van der Waals surface area contributed by atoms with E-state index >= 15 is 0 Å². The largest absolute Gasteiger partial charge is 0.497 e. The highest BCUT2D eigenvalue weighted by molar-refractivity contribution is 9.10. The Morgan fingerprint density at radius 1 is 1.09 bits per heavy atom. The lowest BCUT2D eigenvalue weighted by Crippen LogP contribution is -2.25. The van der Waals surface area contributed by atoms with Gasteiger partial charge in [0, 0.05) is 35.6 Å². The number of methoxy groups -OCH3 is 1. The monoisotopic (exact) mass is 542 g/mol. The number of fused-ring (bicyclic) bond motifs is 1. The molecule has 3 heterocycles. The Balaban J connectivity index is 1.46. The molecule has 2 saturated heterocycles. The first-order chi connectivity index (χ1) is 17.2. The van der Waals surface area contributed by atoms with Crippen molar-refractivity contribution in [1.29, 1.82) is 0 Å². The molecule has 1 aromatic heterocycles. The van der Waals surface area contributed by atoms with Crippen LogP contribution >= 0.6 is 15.9 Å². The molecule has 186 valence electrons. The third-order valence-corrected chi connectivity index (χ3v) is 7.06. The Labute approximate surface area is 214 Å². The fraction of sp³-hybridized carbons (Fsp3) is 0.462. The van der Waals surface area contributed by atoms with E-state index in [1.807, 2.05) is 30.3 Å². The van der Waals surface area contributed by atoms with Crippen molar-refractivity contribution in [2.75, 3.05) is 45.3 Å². The quantitative estimate of drug-likeness (QED) is 0.378. The molecule has 1 atom stereocenters. The summed E-state index contributed by atoms with van der Waals surface area (Å²) in [5.41, 5.74) is 1.57. The second-order valence-corrected chi connectivity index (χ2v) is 9.67. The van der Waals surface area contributed by atoms with E-state index in [9.17, 15) is 0 Å². The molecule has 1 N–H and O–H groups in total. The molecular weight excluding hydrogens is 512 g/mol. The van der Waals surface area contributed by atoms with Crippen molar-refractivity contribution in [3.63, 3.8) is 0 Å². The van der Waals surface area contributed by atoms with Crippen LogP contribution in [0.25, 0.3) is 10.9 Å². The summed E-state index contributed by atoms with van der Waals surface area (Å²) in [6.45, 7) is 4.54. The van der Waals surface area contributed by atoms with Crippen LogP contribution in [0.15, 0.2) is 41.1 Å². The zero-order valence-corrected chi connectivity index (χ0v) is 21.6. The number of benzene rings is 2. The number of rotatable bonds is 9. The fourth-order valence-electron chi connectivity index (χ4n) is 4.50. The van der Waals surface area contributed by atoms with Crippen LogP contribution in [-0.4, -0.2) is 61.1 Å². The van der Waals surface area contributed by atoms with E-state index in [0.717, 1.165) is 71.5 Å². The predicted molar refractivity (Wildman–Crippen MR) is 139 cm³/mol. The number of hydrogen-bond acceptors (Lipinski definition) is 8. The number of nitrogens with one attached hydrogen (secondary N) is 1. The predicted octanol–water partition coefficient (Wildman–Crippen LogP) is 5.52. The number of aromatic nitrogens is 2. The summed E-state index contributed by atoms with van der Waals surface area (Å²) in [6, 6.07) is 9.62. The summed E-state index contributed by atoms with van der Waals surface area (Å²) in [6.07, 6.45) is 6.76. The van der Waals surface area contributed by atoms with Gasteiger partial charge < -0.3 is 24.3 Å². The van der Waals surface area contributed by atoms with E-state index in [1.165, 1.54) is 12.8 Å². The van der Waals surface area contributed by atoms with Crippen LogP contribution in [0, 0.1) is 0 Å². The summed E-state index contributed by atoms with van der Waals surface area (Å²) < 4.78 is 24.7. The molecule has 3 aromatic rings. The van der Waals surface area contributed by atoms with Gasteiger partial charge in [-0.2, -0.15) is 0 Å². The topological polar surface area (TPSA) is 78.0 Å². The molecule has 0 spiro atoms. The molecule has 0 saturated carbocycles. The van der Waals surface area contributed by atoms with Gasteiger partial charge in [0.25, 0.3) is 0 Å². The Bertz CT molecular complexity index is 1150. The van der Waals surface area contributed by atoms with Gasteiger partial charge in [-0.25, -0.2) is 9.97 Å². The maximum Gasteiger partial charge on any atom is 0.199 e. The van der Waals surface area contributed by atoms with Gasteiger partial charge in [-0.05, 0) is 66.8 Å². The van der Waals surface area contributed by atoms with E-state index in [4.69, 9.17) is 18.9 Å². The molecule has 1 unspecified atom stereocenters. The van der Waals surface area contributed by atoms with Gasteiger partial charge in [-0.15, -0.1) is 0 Å². The minimum Gasteiger partial charge on any atom is -0.497 e. The normalized spacial score (nSPS) is 18.5. The molecular formula is C26H31BrN4O4. The van der Waals surface area contributed by atoms with Gasteiger partial charge in [0.15, 0.2) is 6.29 Å². The Hall–Kier alpha value is -2.62. The SMILES string of the molecule is COc1ccc(Br)c(Nc2ncnc3cc(OCCN4CCCC4)cc(OC4CCCCO4)c23)c1. The summed E-state index contributed by atoms with van der Waals surface area (Å²) >= 11 is 3.61. The van der Waals surface area contributed by atoms with E-state index < -0.39 is 0 Å². The molecule has 8 nitrogen and oxygen atoms in total. The van der Waals surface area contributed by atoms with E-state index in [0.29, 0.717) is 24.8 Å². The van der Waals surface area contributed by atoms with Crippen LogP contribution in [0.4, 0.5) is 11.5 Å². The van der Waals surface area contributed by atoms with E-state index in [2.05, 4.69) is 36.1 Å². The third-order valence-electron chi connectivity index (χ3n) is 6.37. The summed E-state index contributed by atoms with van der Waals surface area (Å²) in [5, 5.41) is 4.20. The van der Waals surface area contributed by atoms with E-state index in [1.54, 1.807) is 13.4 Å².